The van der Waals surface area contributed by atoms with E-state index in [1.54, 1.807) is 18.2 Å². The Morgan fingerprint density at radius 1 is 1.11 bits per heavy atom. The molecule has 0 amide bonds. The Kier molecular flexibility index (Phi) is 3.51. The van der Waals surface area contributed by atoms with Gasteiger partial charge in [-0.25, -0.2) is 4.39 Å². The zero-order valence-corrected chi connectivity index (χ0v) is 10.7. The topological polar surface area (TPSA) is 52.8 Å². The summed E-state index contributed by atoms with van der Waals surface area (Å²) in [7, 11) is 0. The number of phenols is 2. The quantitative estimate of drug-likeness (QED) is 0.809. The Balaban J connectivity index is 2.38. The van der Waals surface area contributed by atoms with Crippen molar-refractivity contribution in [3.05, 3.63) is 52.8 Å². The molecule has 0 saturated heterocycles. The van der Waals surface area contributed by atoms with Crippen LogP contribution in [0.3, 0.4) is 0 Å². The summed E-state index contributed by atoms with van der Waals surface area (Å²) in [5.74, 6) is -1.10. The van der Waals surface area contributed by atoms with Crippen molar-refractivity contribution in [3.8, 4) is 11.5 Å². The maximum Gasteiger partial charge on any atom is 0.165 e. The SMILES string of the molecule is Cc1cc(O)c(N=Cc2cccc(F)c2O)cc1C. The number of hydrogen-bond donors (Lipinski definition) is 2. The maximum atomic E-state index is 13.1. The Hall–Kier alpha value is -2.36. The van der Waals surface area contributed by atoms with Crippen LogP contribution in [-0.2, 0) is 0 Å². The van der Waals surface area contributed by atoms with Gasteiger partial charge < -0.3 is 10.2 Å². The van der Waals surface area contributed by atoms with E-state index in [9.17, 15) is 14.6 Å². The van der Waals surface area contributed by atoms with Gasteiger partial charge in [-0.15, -0.1) is 0 Å². The molecule has 0 unspecified atom stereocenters. The minimum absolute atomic E-state index is 0.0512. The average molecular weight is 259 g/mol. The second-order valence-corrected chi connectivity index (χ2v) is 4.36. The number of aryl methyl sites for hydroxylation is 2. The summed E-state index contributed by atoms with van der Waals surface area (Å²) in [6.07, 6.45) is 1.32. The van der Waals surface area contributed by atoms with Crippen LogP contribution in [0.25, 0.3) is 0 Å². The Morgan fingerprint density at radius 3 is 2.53 bits per heavy atom. The van der Waals surface area contributed by atoms with E-state index in [4.69, 9.17) is 0 Å². The van der Waals surface area contributed by atoms with Crippen LogP contribution >= 0.6 is 0 Å². The highest BCUT2D eigenvalue weighted by atomic mass is 19.1. The number of aromatic hydroxyl groups is 2. The van der Waals surface area contributed by atoms with Gasteiger partial charge in [-0.05, 0) is 49.2 Å². The van der Waals surface area contributed by atoms with E-state index in [-0.39, 0.29) is 11.3 Å². The van der Waals surface area contributed by atoms with Gasteiger partial charge in [0.05, 0.1) is 0 Å². The normalized spacial score (nSPS) is 11.1. The molecule has 0 heterocycles. The summed E-state index contributed by atoms with van der Waals surface area (Å²) in [6, 6.07) is 7.54. The first kappa shape index (κ1) is 13.1. The lowest BCUT2D eigenvalue weighted by Crippen LogP contribution is -1.86. The second-order valence-electron chi connectivity index (χ2n) is 4.36. The van der Waals surface area contributed by atoms with E-state index in [2.05, 4.69) is 4.99 Å². The minimum Gasteiger partial charge on any atom is -0.506 e. The smallest absolute Gasteiger partial charge is 0.165 e. The van der Waals surface area contributed by atoms with Crippen LogP contribution in [0.2, 0.25) is 0 Å². The third-order valence-electron chi connectivity index (χ3n) is 2.95. The highest BCUT2D eigenvalue weighted by molar-refractivity contribution is 5.86. The molecular formula is C15H14FNO2. The summed E-state index contributed by atoms with van der Waals surface area (Å²) in [5, 5.41) is 19.3. The van der Waals surface area contributed by atoms with E-state index in [0.29, 0.717) is 5.69 Å². The van der Waals surface area contributed by atoms with Crippen molar-refractivity contribution in [2.24, 2.45) is 4.99 Å². The van der Waals surface area contributed by atoms with Gasteiger partial charge in [-0.1, -0.05) is 6.07 Å². The fourth-order valence-electron chi connectivity index (χ4n) is 1.66. The van der Waals surface area contributed by atoms with Crippen molar-refractivity contribution in [2.45, 2.75) is 13.8 Å². The van der Waals surface area contributed by atoms with Gasteiger partial charge in [0.15, 0.2) is 11.6 Å². The van der Waals surface area contributed by atoms with Crippen molar-refractivity contribution in [3.63, 3.8) is 0 Å². The van der Waals surface area contributed by atoms with Crippen molar-refractivity contribution in [1.82, 2.24) is 0 Å². The number of rotatable bonds is 2. The molecule has 0 aliphatic carbocycles. The molecule has 2 N–H and O–H groups in total. The van der Waals surface area contributed by atoms with E-state index in [0.717, 1.165) is 11.1 Å². The fourth-order valence-corrected chi connectivity index (χ4v) is 1.66. The molecule has 98 valence electrons. The number of aliphatic imine (C=N–C) groups is 1. The van der Waals surface area contributed by atoms with Crippen LogP contribution in [0.1, 0.15) is 16.7 Å². The molecule has 2 rings (SSSR count). The lowest BCUT2D eigenvalue weighted by atomic mass is 10.1. The lowest BCUT2D eigenvalue weighted by molar-refractivity contribution is 0.431. The summed E-state index contributed by atoms with van der Waals surface area (Å²) in [4.78, 5) is 4.08. The molecule has 4 heteroatoms. The van der Waals surface area contributed by atoms with Crippen LogP contribution in [0, 0.1) is 19.7 Å². The first-order valence-electron chi connectivity index (χ1n) is 5.81. The van der Waals surface area contributed by atoms with Gasteiger partial charge in [0.2, 0.25) is 0 Å². The van der Waals surface area contributed by atoms with E-state index >= 15 is 0 Å². The van der Waals surface area contributed by atoms with Gasteiger partial charge in [-0.3, -0.25) is 4.99 Å². The number of hydrogen-bond acceptors (Lipinski definition) is 3. The van der Waals surface area contributed by atoms with Gasteiger partial charge in [0.25, 0.3) is 0 Å². The molecule has 19 heavy (non-hydrogen) atoms. The van der Waals surface area contributed by atoms with Crippen LogP contribution in [0.5, 0.6) is 11.5 Å². The highest BCUT2D eigenvalue weighted by Gasteiger charge is 2.05. The highest BCUT2D eigenvalue weighted by Crippen LogP contribution is 2.30. The molecule has 2 aromatic carbocycles. The third-order valence-corrected chi connectivity index (χ3v) is 2.95. The number of benzene rings is 2. The Morgan fingerprint density at radius 2 is 1.79 bits per heavy atom. The summed E-state index contributed by atoms with van der Waals surface area (Å²) in [5.41, 5.74) is 2.60. The van der Waals surface area contributed by atoms with Crippen molar-refractivity contribution in [1.29, 1.82) is 0 Å². The van der Waals surface area contributed by atoms with E-state index < -0.39 is 11.6 Å². The van der Waals surface area contributed by atoms with Gasteiger partial charge in [0, 0.05) is 11.8 Å². The zero-order valence-electron chi connectivity index (χ0n) is 10.7. The molecular weight excluding hydrogens is 245 g/mol. The van der Waals surface area contributed by atoms with Crippen molar-refractivity contribution >= 4 is 11.9 Å². The first-order chi connectivity index (χ1) is 8.99. The molecule has 2 aromatic rings. The molecule has 0 atom stereocenters. The summed E-state index contributed by atoms with van der Waals surface area (Å²) >= 11 is 0. The van der Waals surface area contributed by atoms with Gasteiger partial charge >= 0.3 is 0 Å². The average Bonchev–Trinajstić information content (AvgIpc) is 2.37. The third kappa shape index (κ3) is 2.73. The van der Waals surface area contributed by atoms with E-state index in [1.165, 1.54) is 18.3 Å². The Labute approximate surface area is 110 Å². The van der Waals surface area contributed by atoms with Crippen LogP contribution < -0.4 is 0 Å². The summed E-state index contributed by atoms with van der Waals surface area (Å²) in [6.45, 7) is 3.80. The van der Waals surface area contributed by atoms with Crippen LogP contribution in [-0.4, -0.2) is 16.4 Å². The molecule has 0 aliphatic heterocycles. The molecule has 3 nitrogen and oxygen atoms in total. The zero-order chi connectivity index (χ0) is 14.0. The predicted molar refractivity (Wildman–Crippen MR) is 72.9 cm³/mol. The number of para-hydroxylation sites is 1. The van der Waals surface area contributed by atoms with Crippen LogP contribution in [0.15, 0.2) is 35.3 Å². The molecule has 0 bridgehead atoms. The number of halogens is 1. The molecule has 0 fully saturated rings. The largest absolute Gasteiger partial charge is 0.506 e. The first-order valence-corrected chi connectivity index (χ1v) is 5.81. The number of nitrogens with zero attached hydrogens (tertiary/aromatic N) is 1. The minimum atomic E-state index is -0.701. The standard InChI is InChI=1S/C15H14FNO2/c1-9-6-13(14(18)7-10(9)2)17-8-11-4-3-5-12(16)15(11)19/h3-8,18-19H,1-2H3. The molecule has 0 spiro atoms. The van der Waals surface area contributed by atoms with Gasteiger partial charge in [-0.2, -0.15) is 0 Å². The molecule has 0 saturated carbocycles. The van der Waals surface area contributed by atoms with Crippen LogP contribution in [0.4, 0.5) is 10.1 Å². The van der Waals surface area contributed by atoms with E-state index in [1.807, 2.05) is 13.8 Å². The molecule has 0 aromatic heterocycles. The summed E-state index contributed by atoms with van der Waals surface area (Å²) < 4.78 is 13.1. The number of phenolic OH excluding ortho intramolecular Hbond substituents is 2. The monoisotopic (exact) mass is 259 g/mol. The van der Waals surface area contributed by atoms with Crippen molar-refractivity contribution in [2.75, 3.05) is 0 Å². The molecule has 0 radical (unpaired) electrons. The molecule has 0 aliphatic rings. The predicted octanol–water partition coefficient (Wildman–Crippen LogP) is 3.60. The fraction of sp³-hybridized carbons (Fsp3) is 0.133. The lowest BCUT2D eigenvalue weighted by Gasteiger charge is -2.04. The van der Waals surface area contributed by atoms with Crippen molar-refractivity contribution < 1.29 is 14.6 Å². The Bertz CT molecular complexity index is 651. The van der Waals surface area contributed by atoms with Gasteiger partial charge in [0.1, 0.15) is 11.4 Å². The maximum absolute atomic E-state index is 13.1. The second kappa shape index (κ2) is 5.10.